The second-order valence-corrected chi connectivity index (χ2v) is 6.02. The molecule has 90 valence electrons. The maximum Gasteiger partial charge on any atom is 0.300 e. The van der Waals surface area contributed by atoms with Crippen LogP contribution in [0.5, 0.6) is 10.9 Å². The van der Waals surface area contributed by atoms with Gasteiger partial charge in [0.1, 0.15) is 5.75 Å². The molecule has 0 bridgehead atoms. The third-order valence-electron chi connectivity index (χ3n) is 2.65. The molecule has 0 aliphatic rings. The van der Waals surface area contributed by atoms with E-state index in [0.717, 1.165) is 16.1 Å². The topological polar surface area (TPSA) is 35.0 Å². The summed E-state index contributed by atoms with van der Waals surface area (Å²) in [5, 5.41) is 8.27. The standard InChI is InChI=1S/C12H13BrN2OS/c1-3-8(2)9-4-6-10(7-5-9)16-12-15-14-11(13)17-12/h4-8H,3H2,1-2H3. The van der Waals surface area contributed by atoms with E-state index in [1.807, 2.05) is 12.1 Å². The number of benzene rings is 1. The highest BCUT2D eigenvalue weighted by molar-refractivity contribution is 9.11. The minimum absolute atomic E-state index is 0.549. The Balaban J connectivity index is 2.08. The van der Waals surface area contributed by atoms with Gasteiger partial charge in [0.2, 0.25) is 0 Å². The molecule has 0 amide bonds. The summed E-state index contributed by atoms with van der Waals surface area (Å²) in [5.74, 6) is 1.38. The van der Waals surface area contributed by atoms with Crippen LogP contribution in [0.25, 0.3) is 0 Å². The third-order valence-corrected chi connectivity index (χ3v) is 3.88. The van der Waals surface area contributed by atoms with Crippen molar-refractivity contribution in [2.24, 2.45) is 0 Å². The molecule has 1 aromatic heterocycles. The van der Waals surface area contributed by atoms with Gasteiger partial charge in [-0.1, -0.05) is 31.1 Å². The molecule has 17 heavy (non-hydrogen) atoms. The van der Waals surface area contributed by atoms with Gasteiger partial charge in [0, 0.05) is 0 Å². The first kappa shape index (κ1) is 12.5. The largest absolute Gasteiger partial charge is 0.430 e. The van der Waals surface area contributed by atoms with Crippen molar-refractivity contribution in [3.8, 4) is 10.9 Å². The van der Waals surface area contributed by atoms with Gasteiger partial charge in [-0.05, 0) is 57.3 Å². The van der Waals surface area contributed by atoms with E-state index in [1.54, 1.807) is 0 Å². The number of halogens is 1. The highest BCUT2D eigenvalue weighted by Gasteiger charge is 2.06. The highest BCUT2D eigenvalue weighted by Crippen LogP contribution is 2.28. The molecule has 0 spiro atoms. The average molecular weight is 313 g/mol. The van der Waals surface area contributed by atoms with E-state index in [-0.39, 0.29) is 0 Å². The first-order chi connectivity index (χ1) is 8.19. The van der Waals surface area contributed by atoms with Gasteiger partial charge in [0.25, 0.3) is 5.19 Å². The van der Waals surface area contributed by atoms with E-state index >= 15 is 0 Å². The van der Waals surface area contributed by atoms with Crippen molar-refractivity contribution < 1.29 is 4.74 Å². The lowest BCUT2D eigenvalue weighted by Gasteiger charge is -2.09. The van der Waals surface area contributed by atoms with Crippen molar-refractivity contribution in [1.82, 2.24) is 10.2 Å². The quantitative estimate of drug-likeness (QED) is 0.827. The molecule has 0 saturated heterocycles. The van der Waals surface area contributed by atoms with Gasteiger partial charge in [-0.15, -0.1) is 5.10 Å². The molecule has 2 rings (SSSR count). The number of ether oxygens (including phenoxy) is 1. The Kier molecular flexibility index (Phi) is 4.12. The highest BCUT2D eigenvalue weighted by atomic mass is 79.9. The van der Waals surface area contributed by atoms with Crippen LogP contribution in [0.3, 0.4) is 0 Å². The lowest BCUT2D eigenvalue weighted by atomic mass is 9.99. The van der Waals surface area contributed by atoms with Crippen LogP contribution in [-0.4, -0.2) is 10.2 Å². The Bertz CT molecular complexity index is 484. The predicted octanol–water partition coefficient (Wildman–Crippen LogP) is 4.61. The lowest BCUT2D eigenvalue weighted by Crippen LogP contribution is -1.91. The number of aromatic nitrogens is 2. The number of nitrogens with zero attached hydrogens (tertiary/aromatic N) is 2. The van der Waals surface area contributed by atoms with Crippen molar-refractivity contribution in [2.45, 2.75) is 26.2 Å². The van der Waals surface area contributed by atoms with Crippen LogP contribution < -0.4 is 4.74 Å². The average Bonchev–Trinajstić information content (AvgIpc) is 2.75. The molecule has 0 aliphatic carbocycles. The summed E-state index contributed by atoms with van der Waals surface area (Å²) in [6, 6.07) is 8.13. The summed E-state index contributed by atoms with van der Waals surface area (Å²) in [7, 11) is 0. The van der Waals surface area contributed by atoms with Gasteiger partial charge in [-0.2, -0.15) is 0 Å². The Morgan fingerprint density at radius 2 is 2.00 bits per heavy atom. The second-order valence-electron chi connectivity index (χ2n) is 3.80. The summed E-state index contributed by atoms with van der Waals surface area (Å²) >= 11 is 4.62. The van der Waals surface area contributed by atoms with Gasteiger partial charge in [0.15, 0.2) is 3.92 Å². The Morgan fingerprint density at radius 3 is 2.53 bits per heavy atom. The SMILES string of the molecule is CCC(C)c1ccc(Oc2nnc(Br)s2)cc1. The summed E-state index contributed by atoms with van der Waals surface area (Å²) in [6.07, 6.45) is 1.14. The van der Waals surface area contributed by atoms with Gasteiger partial charge in [0.05, 0.1) is 0 Å². The zero-order chi connectivity index (χ0) is 12.3. The van der Waals surface area contributed by atoms with E-state index in [4.69, 9.17) is 4.74 Å². The fourth-order valence-corrected chi connectivity index (χ4v) is 2.38. The Hall–Kier alpha value is -0.940. The predicted molar refractivity (Wildman–Crippen MR) is 72.8 cm³/mol. The molecule has 3 nitrogen and oxygen atoms in total. The molecule has 1 atom stereocenters. The Morgan fingerprint density at radius 1 is 1.29 bits per heavy atom. The van der Waals surface area contributed by atoms with Gasteiger partial charge < -0.3 is 4.74 Å². The summed E-state index contributed by atoms with van der Waals surface area (Å²) in [6.45, 7) is 4.41. The van der Waals surface area contributed by atoms with Gasteiger partial charge in [-0.3, -0.25) is 0 Å². The van der Waals surface area contributed by atoms with Crippen molar-refractivity contribution in [3.05, 3.63) is 33.7 Å². The van der Waals surface area contributed by atoms with Crippen LogP contribution in [-0.2, 0) is 0 Å². The molecule has 1 unspecified atom stereocenters. The normalized spacial score (nSPS) is 12.4. The van der Waals surface area contributed by atoms with E-state index in [0.29, 0.717) is 11.1 Å². The minimum atomic E-state index is 0.549. The molecule has 2 aromatic rings. The monoisotopic (exact) mass is 312 g/mol. The van der Waals surface area contributed by atoms with E-state index in [1.165, 1.54) is 16.9 Å². The summed E-state index contributed by atoms with van der Waals surface area (Å²) < 4.78 is 6.31. The molecule has 5 heteroatoms. The molecule has 0 fully saturated rings. The van der Waals surface area contributed by atoms with E-state index < -0.39 is 0 Å². The van der Waals surface area contributed by atoms with Gasteiger partial charge >= 0.3 is 0 Å². The summed E-state index contributed by atoms with van der Waals surface area (Å²) in [4.78, 5) is 0. The van der Waals surface area contributed by atoms with Crippen LogP contribution in [0, 0.1) is 0 Å². The van der Waals surface area contributed by atoms with Crippen molar-refractivity contribution in [2.75, 3.05) is 0 Å². The maximum atomic E-state index is 5.58. The molecule has 1 heterocycles. The fraction of sp³-hybridized carbons (Fsp3) is 0.333. The first-order valence-electron chi connectivity index (χ1n) is 5.46. The number of hydrogen-bond acceptors (Lipinski definition) is 4. The maximum absolute atomic E-state index is 5.58. The molecule has 0 radical (unpaired) electrons. The van der Waals surface area contributed by atoms with Crippen LogP contribution in [0.2, 0.25) is 0 Å². The number of rotatable bonds is 4. The smallest absolute Gasteiger partial charge is 0.300 e. The molecular formula is C12H13BrN2OS. The number of hydrogen-bond donors (Lipinski definition) is 0. The zero-order valence-corrected chi connectivity index (χ0v) is 12.1. The molecule has 0 N–H and O–H groups in total. The molecule has 1 aromatic carbocycles. The van der Waals surface area contributed by atoms with Crippen LogP contribution in [0.15, 0.2) is 28.2 Å². The zero-order valence-electron chi connectivity index (χ0n) is 9.68. The van der Waals surface area contributed by atoms with E-state index in [2.05, 4.69) is 52.1 Å². The summed E-state index contributed by atoms with van der Waals surface area (Å²) in [5.41, 5.74) is 1.33. The molecular weight excluding hydrogens is 300 g/mol. The first-order valence-corrected chi connectivity index (χ1v) is 7.06. The van der Waals surface area contributed by atoms with Crippen LogP contribution >= 0.6 is 27.3 Å². The van der Waals surface area contributed by atoms with Crippen molar-refractivity contribution >= 4 is 27.3 Å². The Labute approximate surface area is 113 Å². The second kappa shape index (κ2) is 5.60. The third kappa shape index (κ3) is 3.26. The fourth-order valence-electron chi connectivity index (χ4n) is 1.44. The molecule has 0 aliphatic heterocycles. The van der Waals surface area contributed by atoms with E-state index in [9.17, 15) is 0 Å². The lowest BCUT2D eigenvalue weighted by molar-refractivity contribution is 0.472. The van der Waals surface area contributed by atoms with Crippen molar-refractivity contribution in [3.63, 3.8) is 0 Å². The molecule has 0 saturated carbocycles. The van der Waals surface area contributed by atoms with Gasteiger partial charge in [-0.25, -0.2) is 0 Å². The van der Waals surface area contributed by atoms with Crippen LogP contribution in [0.1, 0.15) is 31.7 Å². The minimum Gasteiger partial charge on any atom is -0.430 e. The van der Waals surface area contributed by atoms with Crippen molar-refractivity contribution in [1.29, 1.82) is 0 Å². The van der Waals surface area contributed by atoms with Crippen LogP contribution in [0.4, 0.5) is 0 Å².